The zero-order valence-electron chi connectivity index (χ0n) is 8.18. The van der Waals surface area contributed by atoms with Gasteiger partial charge in [0, 0.05) is 29.2 Å². The van der Waals surface area contributed by atoms with E-state index in [1.807, 2.05) is 19.3 Å². The Morgan fingerprint density at radius 3 is 2.73 bits per heavy atom. The molecule has 0 amide bonds. The lowest BCUT2D eigenvalue weighted by molar-refractivity contribution is 0.746. The number of halogens is 1. The SMILES string of the molecule is Cn1ccc(CNc2ncc(I)cn2)n1. The highest BCUT2D eigenvalue weighted by molar-refractivity contribution is 14.1. The van der Waals surface area contributed by atoms with Crippen molar-refractivity contribution in [2.75, 3.05) is 5.32 Å². The average molecular weight is 315 g/mol. The summed E-state index contributed by atoms with van der Waals surface area (Å²) in [4.78, 5) is 8.27. The summed E-state index contributed by atoms with van der Waals surface area (Å²) in [6.45, 7) is 0.640. The predicted molar refractivity (Wildman–Crippen MR) is 65.3 cm³/mol. The van der Waals surface area contributed by atoms with Crippen molar-refractivity contribution >= 4 is 28.5 Å². The third kappa shape index (κ3) is 2.88. The Kier molecular flexibility index (Phi) is 3.14. The number of rotatable bonds is 3. The van der Waals surface area contributed by atoms with E-state index in [-0.39, 0.29) is 0 Å². The van der Waals surface area contributed by atoms with Crippen LogP contribution in [0.4, 0.5) is 5.95 Å². The molecule has 6 heteroatoms. The van der Waals surface area contributed by atoms with Crippen LogP contribution in [0.25, 0.3) is 0 Å². The second-order valence-electron chi connectivity index (χ2n) is 3.06. The van der Waals surface area contributed by atoms with Crippen molar-refractivity contribution in [1.29, 1.82) is 0 Å². The molecule has 0 atom stereocenters. The molecular formula is C9H10IN5. The molecule has 2 aromatic rings. The molecular weight excluding hydrogens is 305 g/mol. The predicted octanol–water partition coefficient (Wildman–Crippen LogP) is 1.43. The summed E-state index contributed by atoms with van der Waals surface area (Å²) in [6.07, 6.45) is 5.45. The minimum Gasteiger partial charge on any atom is -0.348 e. The van der Waals surface area contributed by atoms with E-state index < -0.39 is 0 Å². The van der Waals surface area contributed by atoms with Gasteiger partial charge in [-0.1, -0.05) is 0 Å². The van der Waals surface area contributed by atoms with Gasteiger partial charge >= 0.3 is 0 Å². The fourth-order valence-corrected chi connectivity index (χ4v) is 1.41. The molecule has 78 valence electrons. The first-order valence-electron chi connectivity index (χ1n) is 4.44. The quantitative estimate of drug-likeness (QED) is 0.871. The van der Waals surface area contributed by atoms with Gasteiger partial charge in [0.2, 0.25) is 5.95 Å². The van der Waals surface area contributed by atoms with Gasteiger partial charge in [-0.15, -0.1) is 0 Å². The van der Waals surface area contributed by atoms with Gasteiger partial charge in [-0.2, -0.15) is 5.10 Å². The van der Waals surface area contributed by atoms with Crippen LogP contribution < -0.4 is 5.32 Å². The number of aromatic nitrogens is 4. The molecule has 0 aliphatic heterocycles. The minimum atomic E-state index is 0.626. The van der Waals surface area contributed by atoms with E-state index in [2.05, 4.69) is 43.0 Å². The smallest absolute Gasteiger partial charge is 0.222 e. The Bertz CT molecular complexity index is 436. The third-order valence-electron chi connectivity index (χ3n) is 1.82. The molecule has 2 rings (SSSR count). The number of hydrogen-bond acceptors (Lipinski definition) is 4. The van der Waals surface area contributed by atoms with Crippen molar-refractivity contribution in [3.8, 4) is 0 Å². The van der Waals surface area contributed by atoms with E-state index in [0.29, 0.717) is 12.5 Å². The van der Waals surface area contributed by atoms with Crippen molar-refractivity contribution in [3.05, 3.63) is 33.9 Å². The number of nitrogens with one attached hydrogen (secondary N) is 1. The van der Waals surface area contributed by atoms with Crippen LogP contribution in [0.1, 0.15) is 5.69 Å². The highest BCUT2D eigenvalue weighted by Crippen LogP contribution is 2.04. The van der Waals surface area contributed by atoms with E-state index in [4.69, 9.17) is 0 Å². The number of aryl methyl sites for hydroxylation is 1. The van der Waals surface area contributed by atoms with Crippen molar-refractivity contribution in [2.24, 2.45) is 7.05 Å². The second-order valence-corrected chi connectivity index (χ2v) is 4.30. The zero-order valence-corrected chi connectivity index (χ0v) is 10.3. The molecule has 0 radical (unpaired) electrons. The normalized spacial score (nSPS) is 10.3. The molecule has 1 N–H and O–H groups in total. The molecule has 0 bridgehead atoms. The lowest BCUT2D eigenvalue weighted by Crippen LogP contribution is -2.04. The van der Waals surface area contributed by atoms with Gasteiger partial charge in [0.1, 0.15) is 0 Å². The summed E-state index contributed by atoms with van der Waals surface area (Å²) in [5.74, 6) is 0.626. The van der Waals surface area contributed by atoms with Crippen molar-refractivity contribution in [1.82, 2.24) is 19.7 Å². The molecule has 0 aliphatic rings. The zero-order chi connectivity index (χ0) is 10.7. The van der Waals surface area contributed by atoms with Crippen LogP contribution in [0.2, 0.25) is 0 Å². The molecule has 0 spiro atoms. The molecule has 0 aliphatic carbocycles. The van der Waals surface area contributed by atoms with Crippen molar-refractivity contribution < 1.29 is 0 Å². The summed E-state index contributed by atoms with van der Waals surface area (Å²) in [7, 11) is 1.89. The summed E-state index contributed by atoms with van der Waals surface area (Å²) in [5.41, 5.74) is 0.972. The maximum absolute atomic E-state index is 4.24. The monoisotopic (exact) mass is 315 g/mol. The third-order valence-corrected chi connectivity index (χ3v) is 2.37. The van der Waals surface area contributed by atoms with E-state index >= 15 is 0 Å². The van der Waals surface area contributed by atoms with Gasteiger partial charge in [-0.25, -0.2) is 9.97 Å². The molecule has 5 nitrogen and oxygen atoms in total. The van der Waals surface area contributed by atoms with Gasteiger partial charge in [-0.3, -0.25) is 4.68 Å². The van der Waals surface area contributed by atoms with E-state index in [1.165, 1.54) is 0 Å². The Morgan fingerprint density at radius 2 is 2.13 bits per heavy atom. The molecule has 2 heterocycles. The van der Waals surface area contributed by atoms with Crippen molar-refractivity contribution in [3.63, 3.8) is 0 Å². The molecule has 0 saturated carbocycles. The molecule has 0 saturated heterocycles. The van der Waals surface area contributed by atoms with Gasteiger partial charge in [0.15, 0.2) is 0 Å². The maximum atomic E-state index is 4.24. The minimum absolute atomic E-state index is 0.626. The number of anilines is 1. The van der Waals surface area contributed by atoms with E-state index in [1.54, 1.807) is 17.1 Å². The highest BCUT2D eigenvalue weighted by atomic mass is 127. The average Bonchev–Trinajstić information content (AvgIpc) is 2.64. The first-order valence-corrected chi connectivity index (χ1v) is 5.52. The van der Waals surface area contributed by atoms with E-state index in [0.717, 1.165) is 9.26 Å². The summed E-state index contributed by atoms with van der Waals surface area (Å²) in [5, 5.41) is 7.34. The summed E-state index contributed by atoms with van der Waals surface area (Å²) >= 11 is 2.17. The fourth-order valence-electron chi connectivity index (χ4n) is 1.13. The first kappa shape index (κ1) is 10.3. The molecule has 0 fully saturated rings. The Balaban J connectivity index is 1.96. The molecule has 0 aromatic carbocycles. The molecule has 15 heavy (non-hydrogen) atoms. The van der Waals surface area contributed by atoms with Gasteiger partial charge in [0.25, 0.3) is 0 Å². The largest absolute Gasteiger partial charge is 0.348 e. The lowest BCUT2D eigenvalue weighted by atomic mass is 10.4. The Hall–Kier alpha value is -1.18. The van der Waals surface area contributed by atoms with Crippen molar-refractivity contribution in [2.45, 2.75) is 6.54 Å². The van der Waals surface area contributed by atoms with Gasteiger partial charge in [-0.05, 0) is 28.7 Å². The first-order chi connectivity index (χ1) is 7.24. The highest BCUT2D eigenvalue weighted by Gasteiger charge is 1.98. The Morgan fingerprint density at radius 1 is 1.40 bits per heavy atom. The van der Waals surface area contributed by atoms with Gasteiger partial charge in [0.05, 0.1) is 12.2 Å². The van der Waals surface area contributed by atoms with Crippen LogP contribution in [0.15, 0.2) is 24.7 Å². The number of nitrogens with zero attached hydrogens (tertiary/aromatic N) is 4. The molecule has 2 aromatic heterocycles. The van der Waals surface area contributed by atoms with Crippen LogP contribution in [-0.4, -0.2) is 19.7 Å². The second kappa shape index (κ2) is 4.56. The Labute approximate surface area is 101 Å². The van der Waals surface area contributed by atoms with Crippen LogP contribution in [0, 0.1) is 3.57 Å². The van der Waals surface area contributed by atoms with Crippen LogP contribution in [0.3, 0.4) is 0 Å². The topological polar surface area (TPSA) is 55.6 Å². The number of hydrogen-bond donors (Lipinski definition) is 1. The van der Waals surface area contributed by atoms with Crippen LogP contribution >= 0.6 is 22.6 Å². The summed E-state index contributed by atoms with van der Waals surface area (Å²) < 4.78 is 2.79. The van der Waals surface area contributed by atoms with E-state index in [9.17, 15) is 0 Å². The molecule has 0 unspecified atom stereocenters. The van der Waals surface area contributed by atoms with Crippen LogP contribution in [-0.2, 0) is 13.6 Å². The fraction of sp³-hybridized carbons (Fsp3) is 0.222. The maximum Gasteiger partial charge on any atom is 0.222 e. The standard InChI is InChI=1S/C9H10IN5/c1-15-3-2-8(14-15)6-13-9-11-4-7(10)5-12-9/h2-5H,6H2,1H3,(H,11,12,13). The lowest BCUT2D eigenvalue weighted by Gasteiger charge is -2.01. The summed E-state index contributed by atoms with van der Waals surface area (Å²) in [6, 6.07) is 1.96. The van der Waals surface area contributed by atoms with Crippen LogP contribution in [0.5, 0.6) is 0 Å². The van der Waals surface area contributed by atoms with Gasteiger partial charge < -0.3 is 5.32 Å².